The molecule has 1 saturated heterocycles. The zero-order chi connectivity index (χ0) is 16.9. The Labute approximate surface area is 154 Å². The molecule has 3 heterocycles. The summed E-state index contributed by atoms with van der Waals surface area (Å²) in [5, 5.41) is 0. The summed E-state index contributed by atoms with van der Waals surface area (Å²) in [5.74, 6) is 0.875. The fraction of sp³-hybridized carbons (Fsp3) is 0.389. The molecule has 24 heavy (non-hydrogen) atoms. The maximum absolute atomic E-state index is 12.8. The van der Waals surface area contributed by atoms with E-state index in [1.165, 1.54) is 0 Å². The summed E-state index contributed by atoms with van der Waals surface area (Å²) in [5.41, 5.74) is 0. The number of furan rings is 1. The van der Waals surface area contributed by atoms with Gasteiger partial charge in [-0.25, -0.2) is 0 Å². The molecule has 0 saturated carbocycles. The van der Waals surface area contributed by atoms with Crippen molar-refractivity contribution in [3.63, 3.8) is 0 Å². The fourth-order valence-corrected chi connectivity index (χ4v) is 4.26. The van der Waals surface area contributed by atoms with E-state index < -0.39 is 0 Å². The lowest BCUT2D eigenvalue weighted by molar-refractivity contribution is -0.130. The Bertz CT molecular complexity index is 688. The van der Waals surface area contributed by atoms with Gasteiger partial charge in [-0.1, -0.05) is 0 Å². The van der Waals surface area contributed by atoms with Crippen molar-refractivity contribution in [1.29, 1.82) is 0 Å². The van der Waals surface area contributed by atoms with Crippen molar-refractivity contribution in [3.05, 3.63) is 51.0 Å². The molecule has 0 radical (unpaired) electrons. The van der Waals surface area contributed by atoms with Crippen LogP contribution in [-0.2, 0) is 11.3 Å². The second kappa shape index (κ2) is 8.14. The lowest BCUT2D eigenvalue weighted by Gasteiger charge is -2.36. The number of hydrogen-bond acceptors (Lipinski definition) is 4. The molecule has 1 amide bonds. The van der Waals surface area contributed by atoms with Crippen LogP contribution >= 0.6 is 27.3 Å². The van der Waals surface area contributed by atoms with Crippen LogP contribution in [0, 0.1) is 0 Å². The van der Waals surface area contributed by atoms with E-state index in [-0.39, 0.29) is 11.9 Å². The van der Waals surface area contributed by atoms with Gasteiger partial charge >= 0.3 is 0 Å². The third-order valence-electron chi connectivity index (χ3n) is 4.30. The van der Waals surface area contributed by atoms with Crippen LogP contribution in [0.2, 0.25) is 0 Å². The van der Waals surface area contributed by atoms with Gasteiger partial charge < -0.3 is 14.2 Å². The van der Waals surface area contributed by atoms with Crippen LogP contribution in [0.5, 0.6) is 0 Å². The summed E-state index contributed by atoms with van der Waals surface area (Å²) in [4.78, 5) is 18.1. The largest absolute Gasteiger partial charge is 0.467 e. The molecule has 1 fully saturated rings. The van der Waals surface area contributed by atoms with Crippen LogP contribution in [0.15, 0.2) is 44.8 Å². The molecule has 4 nitrogen and oxygen atoms in total. The molecule has 0 bridgehead atoms. The second-order valence-electron chi connectivity index (χ2n) is 6.06. The highest BCUT2D eigenvalue weighted by molar-refractivity contribution is 9.11. The molecule has 0 aromatic carbocycles. The molecule has 6 heteroatoms. The molecule has 2 aromatic rings. The fourth-order valence-electron chi connectivity index (χ4n) is 2.93. The molecule has 2 aromatic heterocycles. The van der Waals surface area contributed by atoms with Crippen LogP contribution < -0.4 is 0 Å². The number of thiophene rings is 1. The molecule has 0 N–H and O–H groups in total. The Morgan fingerprint density at radius 2 is 2.21 bits per heavy atom. The molecular formula is C18H21BrN2O2S. The first kappa shape index (κ1) is 17.5. The highest BCUT2D eigenvalue weighted by atomic mass is 79.9. The van der Waals surface area contributed by atoms with Gasteiger partial charge in [0, 0.05) is 17.0 Å². The van der Waals surface area contributed by atoms with Gasteiger partial charge in [-0.2, -0.15) is 0 Å². The predicted octanol–water partition coefficient (Wildman–Crippen LogP) is 4.24. The minimum Gasteiger partial charge on any atom is -0.467 e. The lowest BCUT2D eigenvalue weighted by Crippen LogP contribution is -2.45. The number of nitrogens with zero attached hydrogens (tertiary/aromatic N) is 2. The number of hydrogen-bond donors (Lipinski definition) is 0. The van der Waals surface area contributed by atoms with Gasteiger partial charge in [0.05, 0.1) is 16.6 Å². The van der Waals surface area contributed by atoms with Crippen molar-refractivity contribution >= 4 is 39.2 Å². The number of rotatable bonds is 5. The van der Waals surface area contributed by atoms with Gasteiger partial charge in [0.25, 0.3) is 0 Å². The Morgan fingerprint density at radius 1 is 1.42 bits per heavy atom. The summed E-state index contributed by atoms with van der Waals surface area (Å²) in [6, 6.07) is 8.05. The van der Waals surface area contributed by atoms with Gasteiger partial charge in [0.1, 0.15) is 5.76 Å². The number of carbonyl (C=O) groups excluding carboxylic acids is 1. The second-order valence-corrected chi connectivity index (χ2v) is 8.55. The molecule has 0 atom stereocenters. The molecule has 0 unspecified atom stereocenters. The third kappa shape index (κ3) is 4.59. The van der Waals surface area contributed by atoms with E-state index in [2.05, 4.69) is 27.9 Å². The van der Waals surface area contributed by atoms with Crippen LogP contribution in [0.1, 0.15) is 23.5 Å². The zero-order valence-corrected chi connectivity index (χ0v) is 16.1. The van der Waals surface area contributed by atoms with Crippen molar-refractivity contribution in [1.82, 2.24) is 9.80 Å². The zero-order valence-electron chi connectivity index (χ0n) is 13.7. The number of likely N-dealkylation sites (tertiary alicyclic amines) is 1. The highest BCUT2D eigenvalue weighted by Crippen LogP contribution is 2.24. The van der Waals surface area contributed by atoms with E-state index in [0.29, 0.717) is 6.54 Å². The SMILES string of the molecule is CN1CCC(N(Cc2ccco2)C(=O)/C=C/c2ccc(Br)s2)CC1. The average molecular weight is 409 g/mol. The molecule has 3 rings (SSSR count). The van der Waals surface area contributed by atoms with E-state index in [1.807, 2.05) is 35.2 Å². The average Bonchev–Trinajstić information content (AvgIpc) is 3.23. The van der Waals surface area contributed by atoms with Crippen LogP contribution in [0.25, 0.3) is 6.08 Å². The smallest absolute Gasteiger partial charge is 0.247 e. The van der Waals surface area contributed by atoms with Crippen LogP contribution in [-0.4, -0.2) is 41.9 Å². The van der Waals surface area contributed by atoms with Crippen LogP contribution in [0.4, 0.5) is 0 Å². The van der Waals surface area contributed by atoms with Gasteiger partial charge in [-0.15, -0.1) is 11.3 Å². The number of amides is 1. The third-order valence-corrected chi connectivity index (χ3v) is 5.89. The first-order valence-electron chi connectivity index (χ1n) is 8.07. The summed E-state index contributed by atoms with van der Waals surface area (Å²) < 4.78 is 6.53. The highest BCUT2D eigenvalue weighted by Gasteiger charge is 2.26. The maximum Gasteiger partial charge on any atom is 0.247 e. The molecule has 1 aliphatic heterocycles. The Hall–Kier alpha value is -1.37. The maximum atomic E-state index is 12.8. The van der Waals surface area contributed by atoms with Crippen molar-refractivity contribution < 1.29 is 9.21 Å². The summed E-state index contributed by atoms with van der Waals surface area (Å²) in [6.45, 7) is 2.57. The minimum absolute atomic E-state index is 0.0467. The normalized spacial score (nSPS) is 16.8. The Morgan fingerprint density at radius 3 is 2.83 bits per heavy atom. The first-order chi connectivity index (χ1) is 11.6. The molecule has 128 valence electrons. The standard InChI is InChI=1S/C18H21BrN2O2S/c1-20-10-8-14(9-11-20)21(13-15-3-2-12-23-15)18(22)7-5-16-4-6-17(19)24-16/h2-7,12,14H,8-11,13H2,1H3/b7-5+. The topological polar surface area (TPSA) is 36.7 Å². The van der Waals surface area contributed by atoms with Gasteiger partial charge in [0.15, 0.2) is 0 Å². The van der Waals surface area contributed by atoms with Crippen molar-refractivity contribution in [3.8, 4) is 0 Å². The number of carbonyl (C=O) groups is 1. The van der Waals surface area contributed by atoms with E-state index in [4.69, 9.17) is 4.42 Å². The van der Waals surface area contributed by atoms with Crippen molar-refractivity contribution in [2.24, 2.45) is 0 Å². The van der Waals surface area contributed by atoms with E-state index in [0.717, 1.165) is 40.4 Å². The van der Waals surface area contributed by atoms with E-state index >= 15 is 0 Å². The predicted molar refractivity (Wildman–Crippen MR) is 101 cm³/mol. The van der Waals surface area contributed by atoms with Gasteiger partial charge in [-0.05, 0) is 79.3 Å². The van der Waals surface area contributed by atoms with Crippen molar-refractivity contribution in [2.45, 2.75) is 25.4 Å². The Kier molecular flexibility index (Phi) is 5.92. The quantitative estimate of drug-likeness (QED) is 0.694. The molecule has 1 aliphatic rings. The van der Waals surface area contributed by atoms with Crippen LogP contribution in [0.3, 0.4) is 0 Å². The molecule has 0 spiro atoms. The number of halogens is 1. The van der Waals surface area contributed by atoms with Crippen molar-refractivity contribution in [2.75, 3.05) is 20.1 Å². The number of piperidine rings is 1. The summed E-state index contributed by atoms with van der Waals surface area (Å²) >= 11 is 5.06. The van der Waals surface area contributed by atoms with E-state index in [9.17, 15) is 4.79 Å². The molecular weight excluding hydrogens is 388 g/mol. The van der Waals surface area contributed by atoms with Gasteiger partial charge in [-0.3, -0.25) is 4.79 Å². The monoisotopic (exact) mass is 408 g/mol. The summed E-state index contributed by atoms with van der Waals surface area (Å²) in [6.07, 6.45) is 7.23. The summed E-state index contributed by atoms with van der Waals surface area (Å²) in [7, 11) is 2.13. The first-order valence-corrected chi connectivity index (χ1v) is 9.68. The molecule has 0 aliphatic carbocycles. The lowest BCUT2D eigenvalue weighted by atomic mass is 10.0. The van der Waals surface area contributed by atoms with Gasteiger partial charge in [0.2, 0.25) is 5.91 Å². The Balaban J connectivity index is 1.72. The van der Waals surface area contributed by atoms with E-state index in [1.54, 1.807) is 23.7 Å². The minimum atomic E-state index is 0.0467.